The number of carbonyl (C=O) groups excluding carboxylic acids is 1. The molecule has 4 nitrogen and oxygen atoms in total. The fourth-order valence-electron chi connectivity index (χ4n) is 2.50. The molecule has 0 aromatic rings. The molecule has 29 heavy (non-hydrogen) atoms. The van der Waals surface area contributed by atoms with E-state index in [1.165, 1.54) is 25.7 Å². The van der Waals surface area contributed by atoms with Crippen molar-refractivity contribution in [3.63, 3.8) is 0 Å². The lowest BCUT2D eigenvalue weighted by Gasteiger charge is -2.36. The van der Waals surface area contributed by atoms with Crippen molar-refractivity contribution >= 4 is 14.3 Å². The minimum absolute atomic E-state index is 0.0725. The Balaban J connectivity index is 5.03. The van der Waals surface area contributed by atoms with E-state index in [-0.39, 0.29) is 23.2 Å². The predicted octanol–water partition coefficient (Wildman–Crippen LogP) is 7.59. The minimum atomic E-state index is -2.01. The summed E-state index contributed by atoms with van der Waals surface area (Å²) < 4.78 is 11.9. The third-order valence-electron chi connectivity index (χ3n) is 5.67. The lowest BCUT2D eigenvalue weighted by atomic mass is 9.96. The Hall–Kier alpha value is -0.653. The molecule has 0 spiro atoms. The maximum atomic E-state index is 12.5. The zero-order valence-corrected chi connectivity index (χ0v) is 21.7. The molecule has 0 N–H and O–H groups in total. The molecule has 172 valence electrons. The van der Waals surface area contributed by atoms with E-state index in [1.807, 2.05) is 26.8 Å². The van der Waals surface area contributed by atoms with Crippen molar-refractivity contribution < 1.29 is 19.0 Å². The van der Waals surface area contributed by atoms with Crippen molar-refractivity contribution in [1.29, 1.82) is 0 Å². The number of rotatable bonds is 14. The van der Waals surface area contributed by atoms with Gasteiger partial charge in [0.05, 0.1) is 11.5 Å². The second-order valence-corrected chi connectivity index (χ2v) is 15.5. The molecule has 0 aliphatic rings. The van der Waals surface area contributed by atoms with Crippen LogP contribution in [0.3, 0.4) is 0 Å². The van der Waals surface area contributed by atoms with Crippen LogP contribution in [0.1, 0.15) is 99.8 Å². The summed E-state index contributed by atoms with van der Waals surface area (Å²) in [5, 5.41) is 0.0725. The van der Waals surface area contributed by atoms with Gasteiger partial charge in [-0.05, 0) is 58.2 Å². The number of carbonyl (C=O) groups is 1. The molecule has 0 aromatic heterocycles. The first-order chi connectivity index (χ1) is 13.2. The Morgan fingerprint density at radius 2 is 1.59 bits per heavy atom. The molecular weight excluding hydrogens is 380 g/mol. The standard InChI is InChI=1S/C24H48O4Si/c1-11-13-14-15-16-18-20(26-22(25)23(3,4)5)19-21(17-12-2)27-28-29(9,10)24(6,7)8/h12,20-21H,2,11,13-19H2,1,3-10H3. The van der Waals surface area contributed by atoms with E-state index in [9.17, 15) is 4.79 Å². The fourth-order valence-corrected chi connectivity index (χ4v) is 3.12. The highest BCUT2D eigenvalue weighted by Gasteiger charge is 2.40. The Morgan fingerprint density at radius 1 is 1.00 bits per heavy atom. The second-order valence-electron chi connectivity index (χ2n) is 10.8. The van der Waals surface area contributed by atoms with E-state index >= 15 is 0 Å². The first-order valence-corrected chi connectivity index (χ1v) is 14.3. The molecule has 0 aromatic carbocycles. The van der Waals surface area contributed by atoms with E-state index in [0.717, 1.165) is 12.8 Å². The van der Waals surface area contributed by atoms with Crippen LogP contribution in [0.4, 0.5) is 0 Å². The first-order valence-electron chi connectivity index (χ1n) is 11.4. The average Bonchev–Trinajstić information content (AvgIpc) is 2.57. The van der Waals surface area contributed by atoms with Crippen LogP contribution in [0.25, 0.3) is 0 Å². The van der Waals surface area contributed by atoms with Crippen LogP contribution in [0.2, 0.25) is 18.1 Å². The summed E-state index contributed by atoms with van der Waals surface area (Å²) in [7, 11) is -2.01. The summed E-state index contributed by atoms with van der Waals surface area (Å²) in [5.41, 5.74) is -0.507. The molecule has 0 radical (unpaired) electrons. The number of ether oxygens (including phenoxy) is 1. The number of hydrogen-bond acceptors (Lipinski definition) is 4. The minimum Gasteiger partial charge on any atom is -0.462 e. The smallest absolute Gasteiger partial charge is 0.311 e. The van der Waals surface area contributed by atoms with Crippen molar-refractivity contribution in [2.24, 2.45) is 5.41 Å². The van der Waals surface area contributed by atoms with Gasteiger partial charge in [0.2, 0.25) is 8.32 Å². The normalized spacial score (nSPS) is 15.1. The van der Waals surface area contributed by atoms with Crippen LogP contribution < -0.4 is 0 Å². The molecule has 2 atom stereocenters. The quantitative estimate of drug-likeness (QED) is 0.0713. The van der Waals surface area contributed by atoms with Crippen LogP contribution in [0.5, 0.6) is 0 Å². The molecule has 0 aliphatic carbocycles. The fraction of sp³-hybridized carbons (Fsp3) is 0.875. The van der Waals surface area contributed by atoms with Gasteiger partial charge in [0, 0.05) is 6.42 Å². The SMILES string of the molecule is C=CCC(CC(CCCCCCC)OC(=O)C(C)(C)C)OO[Si](C)(C)C(C)(C)C. The highest BCUT2D eigenvalue weighted by molar-refractivity contribution is 6.73. The molecule has 5 heteroatoms. The van der Waals surface area contributed by atoms with Gasteiger partial charge in [-0.2, -0.15) is 0 Å². The lowest BCUT2D eigenvalue weighted by Crippen LogP contribution is -2.42. The third-order valence-corrected chi connectivity index (χ3v) is 9.80. The van der Waals surface area contributed by atoms with E-state index in [2.05, 4.69) is 47.4 Å². The molecule has 0 amide bonds. The number of esters is 1. The topological polar surface area (TPSA) is 44.8 Å². The van der Waals surface area contributed by atoms with Crippen molar-refractivity contribution in [3.8, 4) is 0 Å². The summed E-state index contributed by atoms with van der Waals surface area (Å²) in [5.74, 6) is -0.154. The zero-order chi connectivity index (χ0) is 22.7. The number of hydrogen-bond donors (Lipinski definition) is 0. The van der Waals surface area contributed by atoms with Crippen molar-refractivity contribution in [2.45, 2.75) is 130 Å². The summed E-state index contributed by atoms with van der Waals surface area (Å²) in [6, 6.07) is 0. The van der Waals surface area contributed by atoms with Crippen LogP contribution in [-0.4, -0.2) is 26.5 Å². The van der Waals surface area contributed by atoms with Gasteiger partial charge < -0.3 is 4.74 Å². The molecule has 0 saturated heterocycles. The van der Waals surface area contributed by atoms with Gasteiger partial charge in [0.25, 0.3) is 0 Å². The van der Waals surface area contributed by atoms with Crippen LogP contribution in [-0.2, 0) is 19.0 Å². The summed E-state index contributed by atoms with van der Waals surface area (Å²) in [6.45, 7) is 22.7. The molecular formula is C24H48O4Si. The Labute approximate surface area is 181 Å². The van der Waals surface area contributed by atoms with E-state index < -0.39 is 13.7 Å². The number of unbranched alkanes of at least 4 members (excludes halogenated alkanes) is 4. The van der Waals surface area contributed by atoms with Gasteiger partial charge in [0.15, 0.2) is 0 Å². The van der Waals surface area contributed by atoms with E-state index in [0.29, 0.717) is 12.8 Å². The van der Waals surface area contributed by atoms with Gasteiger partial charge in [-0.3, -0.25) is 9.37 Å². The second kappa shape index (κ2) is 12.9. The Bertz CT molecular complexity index is 474. The zero-order valence-electron chi connectivity index (χ0n) is 20.7. The molecule has 0 aliphatic heterocycles. The van der Waals surface area contributed by atoms with Gasteiger partial charge >= 0.3 is 5.97 Å². The Morgan fingerprint density at radius 3 is 2.07 bits per heavy atom. The van der Waals surface area contributed by atoms with Gasteiger partial charge in [-0.25, -0.2) is 4.89 Å². The maximum absolute atomic E-state index is 12.5. The Kier molecular flexibility index (Phi) is 12.6. The van der Waals surface area contributed by atoms with Crippen LogP contribution in [0.15, 0.2) is 12.7 Å². The molecule has 0 rings (SSSR count). The summed E-state index contributed by atoms with van der Waals surface area (Å²) in [4.78, 5) is 18.4. The van der Waals surface area contributed by atoms with Gasteiger partial charge in [-0.15, -0.1) is 6.58 Å². The highest BCUT2D eigenvalue weighted by Crippen LogP contribution is 2.37. The molecule has 0 bridgehead atoms. The maximum Gasteiger partial charge on any atom is 0.311 e. The predicted molar refractivity (Wildman–Crippen MR) is 125 cm³/mol. The highest BCUT2D eigenvalue weighted by atomic mass is 28.4. The monoisotopic (exact) mass is 428 g/mol. The summed E-state index contributed by atoms with van der Waals surface area (Å²) >= 11 is 0. The first kappa shape index (κ1) is 28.3. The average molecular weight is 429 g/mol. The van der Waals surface area contributed by atoms with Gasteiger partial charge in [-0.1, -0.05) is 59.5 Å². The van der Waals surface area contributed by atoms with Gasteiger partial charge in [0.1, 0.15) is 6.10 Å². The van der Waals surface area contributed by atoms with E-state index in [4.69, 9.17) is 14.2 Å². The van der Waals surface area contributed by atoms with Crippen LogP contribution in [0, 0.1) is 5.41 Å². The lowest BCUT2D eigenvalue weighted by molar-refractivity contribution is -0.263. The summed E-state index contributed by atoms with van der Waals surface area (Å²) in [6.07, 6.45) is 9.66. The van der Waals surface area contributed by atoms with Crippen molar-refractivity contribution in [3.05, 3.63) is 12.7 Å². The molecule has 0 saturated carbocycles. The molecule has 0 fully saturated rings. The molecule has 0 heterocycles. The van der Waals surface area contributed by atoms with E-state index in [1.54, 1.807) is 0 Å². The van der Waals surface area contributed by atoms with Crippen molar-refractivity contribution in [2.75, 3.05) is 0 Å². The largest absolute Gasteiger partial charge is 0.462 e. The third kappa shape index (κ3) is 11.9. The van der Waals surface area contributed by atoms with Crippen LogP contribution >= 0.6 is 0 Å². The van der Waals surface area contributed by atoms with Crippen molar-refractivity contribution in [1.82, 2.24) is 0 Å². The molecule has 2 unspecified atom stereocenters.